The number of thioether (sulfide) groups is 2. The van der Waals surface area contributed by atoms with Crippen molar-refractivity contribution in [1.29, 1.82) is 0 Å². The standard InChI is InChI=1S/C18H22N2O3S2/c21-16(20-14-6-2-3-7-14)11-23-17(22)15-8-4-1-5-13(15)12-25-18-19-9-10-24-18/h1,4-5,8,14H,2-3,6-7,9-12H2,(H,20,21). The van der Waals surface area contributed by atoms with Gasteiger partial charge in [-0.2, -0.15) is 0 Å². The number of benzene rings is 1. The molecule has 0 atom stereocenters. The lowest BCUT2D eigenvalue weighted by molar-refractivity contribution is -0.124. The molecule has 25 heavy (non-hydrogen) atoms. The van der Waals surface area contributed by atoms with E-state index in [0.29, 0.717) is 11.3 Å². The first-order valence-corrected chi connectivity index (χ1v) is 10.5. The van der Waals surface area contributed by atoms with E-state index < -0.39 is 5.97 Å². The number of carbonyl (C=O) groups is 2. The molecule has 0 bridgehead atoms. The molecule has 3 rings (SSSR count). The van der Waals surface area contributed by atoms with Crippen molar-refractivity contribution in [3.05, 3.63) is 35.4 Å². The number of nitrogens with zero attached hydrogens (tertiary/aromatic N) is 1. The van der Waals surface area contributed by atoms with Gasteiger partial charge in [-0.05, 0) is 24.5 Å². The number of nitrogens with one attached hydrogen (secondary N) is 1. The number of carbonyl (C=O) groups excluding carboxylic acids is 2. The summed E-state index contributed by atoms with van der Waals surface area (Å²) in [6, 6.07) is 7.62. The average Bonchev–Trinajstić information content (AvgIpc) is 3.32. The summed E-state index contributed by atoms with van der Waals surface area (Å²) in [5.74, 6) is 1.04. The summed E-state index contributed by atoms with van der Waals surface area (Å²) in [7, 11) is 0. The highest BCUT2D eigenvalue weighted by atomic mass is 32.2. The van der Waals surface area contributed by atoms with Crippen LogP contribution in [0.1, 0.15) is 41.6 Å². The Bertz CT molecular complexity index is 657. The van der Waals surface area contributed by atoms with Crippen molar-refractivity contribution in [3.8, 4) is 0 Å². The number of esters is 1. The second-order valence-electron chi connectivity index (χ2n) is 6.07. The average molecular weight is 379 g/mol. The smallest absolute Gasteiger partial charge is 0.338 e. The molecule has 1 saturated carbocycles. The Hall–Kier alpha value is -1.47. The lowest BCUT2D eigenvalue weighted by atomic mass is 10.1. The molecule has 1 aromatic carbocycles. The first kappa shape index (κ1) is 18.3. The molecule has 1 fully saturated rings. The van der Waals surface area contributed by atoms with Crippen molar-refractivity contribution in [3.63, 3.8) is 0 Å². The van der Waals surface area contributed by atoms with E-state index in [9.17, 15) is 9.59 Å². The maximum absolute atomic E-state index is 12.4. The Morgan fingerprint density at radius 3 is 2.84 bits per heavy atom. The lowest BCUT2D eigenvalue weighted by Gasteiger charge is -2.13. The minimum atomic E-state index is -0.446. The predicted octanol–water partition coefficient (Wildman–Crippen LogP) is 3.24. The second-order valence-corrected chi connectivity index (χ2v) is 8.37. The van der Waals surface area contributed by atoms with Crippen LogP contribution in [0.3, 0.4) is 0 Å². The molecule has 0 unspecified atom stereocenters. The highest BCUT2D eigenvalue weighted by Crippen LogP contribution is 2.26. The van der Waals surface area contributed by atoms with Gasteiger partial charge in [0, 0.05) is 17.5 Å². The van der Waals surface area contributed by atoms with Gasteiger partial charge in [0.1, 0.15) is 4.38 Å². The summed E-state index contributed by atoms with van der Waals surface area (Å²) in [5.41, 5.74) is 1.43. The minimum Gasteiger partial charge on any atom is -0.452 e. The van der Waals surface area contributed by atoms with Gasteiger partial charge in [-0.15, -0.1) is 0 Å². The Morgan fingerprint density at radius 1 is 1.28 bits per heavy atom. The lowest BCUT2D eigenvalue weighted by Crippen LogP contribution is -2.36. The number of amides is 1. The molecule has 1 aliphatic heterocycles. The summed E-state index contributed by atoms with van der Waals surface area (Å²) < 4.78 is 6.29. The summed E-state index contributed by atoms with van der Waals surface area (Å²) in [5, 5.41) is 2.92. The molecule has 5 nitrogen and oxygen atoms in total. The number of hydrogen-bond acceptors (Lipinski definition) is 6. The van der Waals surface area contributed by atoms with Crippen molar-refractivity contribution in [2.75, 3.05) is 18.9 Å². The first-order valence-electron chi connectivity index (χ1n) is 8.57. The number of aliphatic imine (C=N–C) groups is 1. The number of rotatable bonds is 6. The van der Waals surface area contributed by atoms with E-state index in [4.69, 9.17) is 4.74 Å². The van der Waals surface area contributed by atoms with Gasteiger partial charge in [0.15, 0.2) is 6.61 Å². The molecule has 7 heteroatoms. The van der Waals surface area contributed by atoms with E-state index >= 15 is 0 Å². The molecule has 134 valence electrons. The van der Waals surface area contributed by atoms with Gasteiger partial charge in [0.05, 0.1) is 12.1 Å². The van der Waals surface area contributed by atoms with Crippen LogP contribution in [0, 0.1) is 0 Å². The van der Waals surface area contributed by atoms with Crippen molar-refractivity contribution in [2.45, 2.75) is 37.5 Å². The Labute approximate surface area is 156 Å². The van der Waals surface area contributed by atoms with Crippen molar-refractivity contribution in [2.24, 2.45) is 4.99 Å². The third kappa shape index (κ3) is 5.51. The highest BCUT2D eigenvalue weighted by molar-refractivity contribution is 8.38. The monoisotopic (exact) mass is 378 g/mol. The van der Waals surface area contributed by atoms with Gasteiger partial charge in [-0.1, -0.05) is 54.6 Å². The molecular weight excluding hydrogens is 356 g/mol. The number of ether oxygens (including phenoxy) is 1. The summed E-state index contributed by atoms with van der Waals surface area (Å²) in [6.07, 6.45) is 4.34. The summed E-state index contributed by atoms with van der Waals surface area (Å²) >= 11 is 3.39. The van der Waals surface area contributed by atoms with E-state index in [2.05, 4.69) is 10.3 Å². The molecular formula is C18H22N2O3S2. The summed E-state index contributed by atoms with van der Waals surface area (Å²) in [4.78, 5) is 28.7. The van der Waals surface area contributed by atoms with Crippen LogP contribution in [0.25, 0.3) is 0 Å². The molecule has 1 aromatic rings. The van der Waals surface area contributed by atoms with Gasteiger partial charge >= 0.3 is 5.97 Å². The zero-order valence-electron chi connectivity index (χ0n) is 14.0. The first-order chi connectivity index (χ1) is 12.2. The molecule has 0 radical (unpaired) electrons. The molecule has 1 N–H and O–H groups in total. The maximum atomic E-state index is 12.4. The topological polar surface area (TPSA) is 67.8 Å². The van der Waals surface area contributed by atoms with E-state index in [1.165, 1.54) is 0 Å². The van der Waals surface area contributed by atoms with Crippen LogP contribution in [0.4, 0.5) is 0 Å². The number of hydrogen-bond donors (Lipinski definition) is 1. The SMILES string of the molecule is O=C(COC(=O)c1ccccc1CSC1=NCCS1)NC1CCCC1. The molecule has 1 aliphatic carbocycles. The molecule has 2 aliphatic rings. The second kappa shape index (κ2) is 9.29. The van der Waals surface area contributed by atoms with E-state index in [1.54, 1.807) is 29.6 Å². The van der Waals surface area contributed by atoms with Crippen molar-refractivity contribution in [1.82, 2.24) is 5.32 Å². The van der Waals surface area contributed by atoms with Crippen LogP contribution >= 0.6 is 23.5 Å². The molecule has 0 spiro atoms. The molecule has 1 heterocycles. The van der Waals surface area contributed by atoms with E-state index in [1.807, 2.05) is 18.2 Å². The van der Waals surface area contributed by atoms with Crippen LogP contribution in [-0.2, 0) is 15.3 Å². The van der Waals surface area contributed by atoms with E-state index in [0.717, 1.165) is 47.9 Å². The fourth-order valence-electron chi connectivity index (χ4n) is 2.94. The quantitative estimate of drug-likeness (QED) is 0.770. The van der Waals surface area contributed by atoms with Gasteiger partial charge in [-0.3, -0.25) is 9.79 Å². The van der Waals surface area contributed by atoms with Gasteiger partial charge in [0.2, 0.25) is 0 Å². The third-order valence-corrected chi connectivity index (χ3v) is 6.50. The van der Waals surface area contributed by atoms with Crippen LogP contribution in [0.15, 0.2) is 29.3 Å². The Balaban J connectivity index is 1.51. The van der Waals surface area contributed by atoms with Crippen LogP contribution in [-0.4, -0.2) is 41.2 Å². The molecule has 1 amide bonds. The molecule has 0 aromatic heterocycles. The van der Waals surface area contributed by atoms with Gasteiger partial charge in [0.25, 0.3) is 5.91 Å². The largest absolute Gasteiger partial charge is 0.452 e. The highest BCUT2D eigenvalue weighted by Gasteiger charge is 2.19. The Kier molecular flexibility index (Phi) is 6.81. The molecule has 0 saturated heterocycles. The van der Waals surface area contributed by atoms with E-state index in [-0.39, 0.29) is 18.6 Å². The fourth-order valence-corrected chi connectivity index (χ4v) is 4.95. The normalized spacial score (nSPS) is 17.4. The third-order valence-electron chi connectivity index (χ3n) is 4.20. The summed E-state index contributed by atoms with van der Waals surface area (Å²) in [6.45, 7) is 0.645. The van der Waals surface area contributed by atoms with Crippen LogP contribution in [0.2, 0.25) is 0 Å². The predicted molar refractivity (Wildman–Crippen MR) is 103 cm³/mol. The zero-order valence-corrected chi connectivity index (χ0v) is 15.7. The Morgan fingerprint density at radius 2 is 2.08 bits per heavy atom. The fraction of sp³-hybridized carbons (Fsp3) is 0.500. The van der Waals surface area contributed by atoms with Gasteiger partial charge in [-0.25, -0.2) is 4.79 Å². The van der Waals surface area contributed by atoms with Crippen LogP contribution < -0.4 is 5.32 Å². The van der Waals surface area contributed by atoms with Crippen molar-refractivity contribution >= 4 is 39.8 Å². The minimum absolute atomic E-state index is 0.219. The zero-order chi connectivity index (χ0) is 17.5. The maximum Gasteiger partial charge on any atom is 0.338 e. The van der Waals surface area contributed by atoms with Gasteiger partial charge < -0.3 is 10.1 Å². The van der Waals surface area contributed by atoms with Crippen molar-refractivity contribution < 1.29 is 14.3 Å². The van der Waals surface area contributed by atoms with Crippen LogP contribution in [0.5, 0.6) is 0 Å².